The summed E-state index contributed by atoms with van der Waals surface area (Å²) >= 11 is 0. The first-order valence-corrected chi connectivity index (χ1v) is 4.72. The summed E-state index contributed by atoms with van der Waals surface area (Å²) in [6, 6.07) is 0. The summed E-state index contributed by atoms with van der Waals surface area (Å²) in [6.45, 7) is 4.35. The van der Waals surface area contributed by atoms with Crippen molar-refractivity contribution in [3.8, 4) is 0 Å². The summed E-state index contributed by atoms with van der Waals surface area (Å²) < 4.78 is 0. The molecule has 1 saturated heterocycles. The molecule has 4 nitrogen and oxygen atoms in total. The normalized spacial score (nSPS) is 29.4. The molecule has 4 heteroatoms. The molecular weight excluding hydrogens is 170 g/mol. The van der Waals surface area contributed by atoms with Crippen LogP contribution in [0.15, 0.2) is 0 Å². The Hall–Kier alpha value is -0.610. The Morgan fingerprint density at radius 3 is 2.85 bits per heavy atom. The fourth-order valence-electron chi connectivity index (χ4n) is 1.87. The summed E-state index contributed by atoms with van der Waals surface area (Å²) in [4.78, 5) is 12.6. The molecular formula is C9H17NO3. The van der Waals surface area contributed by atoms with Gasteiger partial charge in [0.15, 0.2) is 0 Å². The molecule has 1 rings (SSSR count). The second-order valence-electron chi connectivity index (χ2n) is 3.82. The van der Waals surface area contributed by atoms with Crippen LogP contribution in [0.3, 0.4) is 0 Å². The van der Waals surface area contributed by atoms with E-state index in [-0.39, 0.29) is 6.42 Å². The van der Waals surface area contributed by atoms with E-state index in [2.05, 4.69) is 11.8 Å². The Bertz CT molecular complexity index is 195. The van der Waals surface area contributed by atoms with Crippen LogP contribution in [0.1, 0.15) is 26.2 Å². The number of hydrogen-bond donors (Lipinski definition) is 2. The highest BCUT2D eigenvalue weighted by atomic mass is 16.4. The largest absolute Gasteiger partial charge is 0.481 e. The molecule has 1 fully saturated rings. The predicted molar refractivity (Wildman–Crippen MR) is 48.6 cm³/mol. The molecule has 1 heterocycles. The van der Waals surface area contributed by atoms with Gasteiger partial charge in [-0.2, -0.15) is 0 Å². The molecule has 1 atom stereocenters. The van der Waals surface area contributed by atoms with Gasteiger partial charge in [-0.3, -0.25) is 4.79 Å². The quantitative estimate of drug-likeness (QED) is 0.665. The van der Waals surface area contributed by atoms with Crippen molar-refractivity contribution in [3.63, 3.8) is 0 Å². The van der Waals surface area contributed by atoms with Crippen LogP contribution >= 0.6 is 0 Å². The van der Waals surface area contributed by atoms with Gasteiger partial charge in [-0.25, -0.2) is 0 Å². The number of aliphatic hydroxyl groups is 1. The van der Waals surface area contributed by atoms with Gasteiger partial charge < -0.3 is 15.1 Å². The van der Waals surface area contributed by atoms with E-state index in [0.717, 1.165) is 19.5 Å². The molecule has 0 aromatic carbocycles. The summed E-state index contributed by atoms with van der Waals surface area (Å²) in [6.07, 6.45) is 1.50. The molecule has 1 aliphatic heterocycles. The molecule has 0 amide bonds. The molecule has 0 saturated carbocycles. The van der Waals surface area contributed by atoms with Crippen LogP contribution in [0.5, 0.6) is 0 Å². The van der Waals surface area contributed by atoms with Gasteiger partial charge in [-0.05, 0) is 19.4 Å². The lowest BCUT2D eigenvalue weighted by Crippen LogP contribution is -2.35. The maximum Gasteiger partial charge on any atom is 0.306 e. The smallest absolute Gasteiger partial charge is 0.306 e. The Morgan fingerprint density at radius 1 is 1.62 bits per heavy atom. The third-order valence-corrected chi connectivity index (χ3v) is 2.43. The first-order valence-electron chi connectivity index (χ1n) is 4.72. The first kappa shape index (κ1) is 10.5. The maximum absolute atomic E-state index is 10.4. The number of rotatable bonds is 4. The lowest BCUT2D eigenvalue weighted by atomic mass is 9.99. The highest BCUT2D eigenvalue weighted by Crippen LogP contribution is 2.24. The number of nitrogens with zero attached hydrogens (tertiary/aromatic N) is 1. The van der Waals surface area contributed by atoms with Crippen LogP contribution in [0.25, 0.3) is 0 Å². The molecule has 76 valence electrons. The van der Waals surface area contributed by atoms with Crippen LogP contribution < -0.4 is 0 Å². The molecule has 0 radical (unpaired) electrons. The number of hydrogen-bond acceptors (Lipinski definition) is 3. The van der Waals surface area contributed by atoms with Crippen molar-refractivity contribution >= 4 is 5.97 Å². The number of β-amino-alcohol motifs (C(OH)–C–C–N with tert-alkyl or cyclic N) is 1. The zero-order valence-electron chi connectivity index (χ0n) is 7.99. The standard InChI is InChI=1S/C9H17NO3/c1-2-4-10-5-3-9(13,7-10)6-8(11)12/h13H,2-7H2,1H3,(H,11,12). The van der Waals surface area contributed by atoms with E-state index >= 15 is 0 Å². The topological polar surface area (TPSA) is 60.8 Å². The van der Waals surface area contributed by atoms with Crippen molar-refractivity contribution in [2.24, 2.45) is 0 Å². The van der Waals surface area contributed by atoms with Gasteiger partial charge >= 0.3 is 5.97 Å². The van der Waals surface area contributed by atoms with E-state index in [9.17, 15) is 9.90 Å². The third kappa shape index (κ3) is 2.97. The minimum absolute atomic E-state index is 0.132. The lowest BCUT2D eigenvalue weighted by Gasteiger charge is -2.20. The molecule has 0 bridgehead atoms. The lowest BCUT2D eigenvalue weighted by molar-refractivity contribution is -0.142. The Kier molecular flexibility index (Phi) is 3.27. The number of carboxylic acid groups (broad SMARTS) is 1. The van der Waals surface area contributed by atoms with Crippen LogP contribution in [0.4, 0.5) is 0 Å². The molecule has 1 unspecified atom stereocenters. The molecule has 2 N–H and O–H groups in total. The maximum atomic E-state index is 10.4. The minimum Gasteiger partial charge on any atom is -0.481 e. The summed E-state index contributed by atoms with van der Waals surface area (Å²) in [7, 11) is 0. The van der Waals surface area contributed by atoms with Crippen molar-refractivity contribution in [1.29, 1.82) is 0 Å². The second kappa shape index (κ2) is 4.07. The molecule has 0 aliphatic carbocycles. The van der Waals surface area contributed by atoms with Crippen LogP contribution in [-0.2, 0) is 4.79 Å². The Labute approximate surface area is 78.2 Å². The number of likely N-dealkylation sites (tertiary alicyclic amines) is 1. The van der Waals surface area contributed by atoms with Crippen molar-refractivity contribution in [2.75, 3.05) is 19.6 Å². The van der Waals surface area contributed by atoms with Gasteiger partial charge in [0.2, 0.25) is 0 Å². The van der Waals surface area contributed by atoms with E-state index in [1.165, 1.54) is 0 Å². The van der Waals surface area contributed by atoms with Gasteiger partial charge in [-0.15, -0.1) is 0 Å². The highest BCUT2D eigenvalue weighted by Gasteiger charge is 2.37. The third-order valence-electron chi connectivity index (χ3n) is 2.43. The second-order valence-corrected chi connectivity index (χ2v) is 3.82. The van der Waals surface area contributed by atoms with Crippen molar-refractivity contribution < 1.29 is 15.0 Å². The minimum atomic E-state index is -0.985. The van der Waals surface area contributed by atoms with Gasteiger partial charge in [0.05, 0.1) is 12.0 Å². The van der Waals surface area contributed by atoms with Crippen molar-refractivity contribution in [1.82, 2.24) is 4.90 Å². The van der Waals surface area contributed by atoms with E-state index in [4.69, 9.17) is 5.11 Å². The van der Waals surface area contributed by atoms with Gasteiger partial charge in [-0.1, -0.05) is 6.92 Å². The highest BCUT2D eigenvalue weighted by molar-refractivity contribution is 5.68. The monoisotopic (exact) mass is 187 g/mol. The van der Waals surface area contributed by atoms with Gasteiger partial charge in [0.1, 0.15) is 0 Å². The number of aliphatic carboxylic acids is 1. The Balaban J connectivity index is 2.41. The average molecular weight is 187 g/mol. The van der Waals surface area contributed by atoms with Crippen LogP contribution in [0.2, 0.25) is 0 Å². The number of carbonyl (C=O) groups is 1. The van der Waals surface area contributed by atoms with Gasteiger partial charge in [0, 0.05) is 13.1 Å². The van der Waals surface area contributed by atoms with E-state index < -0.39 is 11.6 Å². The fourth-order valence-corrected chi connectivity index (χ4v) is 1.87. The van der Waals surface area contributed by atoms with E-state index in [1.807, 2.05) is 0 Å². The van der Waals surface area contributed by atoms with Crippen LogP contribution in [0, 0.1) is 0 Å². The summed E-state index contributed by atoms with van der Waals surface area (Å²) in [5.74, 6) is -0.916. The molecule has 0 aromatic rings. The fraction of sp³-hybridized carbons (Fsp3) is 0.889. The molecule has 0 spiro atoms. The Morgan fingerprint density at radius 2 is 2.31 bits per heavy atom. The molecule has 13 heavy (non-hydrogen) atoms. The molecule has 0 aromatic heterocycles. The zero-order chi connectivity index (χ0) is 9.90. The van der Waals surface area contributed by atoms with Crippen molar-refractivity contribution in [3.05, 3.63) is 0 Å². The predicted octanol–water partition coefficient (Wildman–Crippen LogP) is 0.308. The summed E-state index contributed by atoms with van der Waals surface area (Å²) in [5.41, 5.74) is -0.985. The van der Waals surface area contributed by atoms with Gasteiger partial charge in [0.25, 0.3) is 0 Å². The van der Waals surface area contributed by atoms with Crippen LogP contribution in [-0.4, -0.2) is 46.3 Å². The first-order chi connectivity index (χ1) is 6.06. The zero-order valence-corrected chi connectivity index (χ0v) is 7.99. The SMILES string of the molecule is CCCN1CCC(O)(CC(=O)O)C1. The van der Waals surface area contributed by atoms with Crippen molar-refractivity contribution in [2.45, 2.75) is 31.8 Å². The summed E-state index contributed by atoms with van der Waals surface area (Å²) in [5, 5.41) is 18.4. The molecule has 1 aliphatic rings. The average Bonchev–Trinajstić information content (AvgIpc) is 2.31. The van der Waals surface area contributed by atoms with E-state index in [0.29, 0.717) is 13.0 Å². The number of carboxylic acids is 1. The van der Waals surface area contributed by atoms with E-state index in [1.54, 1.807) is 0 Å².